The fourth-order valence-corrected chi connectivity index (χ4v) is 1.39. The van der Waals surface area contributed by atoms with E-state index in [0.717, 1.165) is 0 Å². The molecule has 0 saturated carbocycles. The van der Waals surface area contributed by atoms with Crippen molar-refractivity contribution < 1.29 is 9.53 Å². The molecule has 1 aromatic rings. The monoisotopic (exact) mass is 210 g/mol. The first-order chi connectivity index (χ1) is 6.77. The highest BCUT2D eigenvalue weighted by molar-refractivity contribution is 7.17. The van der Waals surface area contributed by atoms with Crippen molar-refractivity contribution in [2.45, 2.75) is 6.92 Å². The van der Waals surface area contributed by atoms with E-state index < -0.39 is 0 Å². The second-order valence-electron chi connectivity index (χ2n) is 2.28. The normalized spacial score (nSPS) is 8.71. The first-order valence-corrected chi connectivity index (χ1v) is 4.80. The molecule has 0 aliphatic rings. The first kappa shape index (κ1) is 10.5. The predicted octanol–water partition coefficient (Wildman–Crippen LogP) is 1.36. The average Bonchev–Trinajstić information content (AvgIpc) is 2.66. The topological polar surface area (TPSA) is 51.2 Å². The summed E-state index contributed by atoms with van der Waals surface area (Å²) in [5.41, 5.74) is 0. The molecule has 1 rings (SSSR count). The van der Waals surface area contributed by atoms with E-state index >= 15 is 0 Å². The highest BCUT2D eigenvalue weighted by atomic mass is 32.1. The van der Waals surface area contributed by atoms with Gasteiger partial charge in [0.25, 0.3) is 0 Å². The summed E-state index contributed by atoms with van der Waals surface area (Å²) in [7, 11) is 1.75. The molecule has 0 aromatic carbocycles. The molecule has 1 N–H and O–H groups in total. The van der Waals surface area contributed by atoms with E-state index in [2.05, 4.69) is 22.1 Å². The maximum atomic E-state index is 11.3. The molecule has 0 aliphatic heterocycles. The Labute approximate surface area is 86.3 Å². The van der Waals surface area contributed by atoms with Gasteiger partial charge in [0.15, 0.2) is 11.7 Å². The minimum atomic E-state index is -0.383. The van der Waals surface area contributed by atoms with Gasteiger partial charge in [-0.25, -0.2) is 9.78 Å². The lowest BCUT2D eigenvalue weighted by Crippen LogP contribution is -2.02. The van der Waals surface area contributed by atoms with Gasteiger partial charge in [0.2, 0.25) is 0 Å². The standard InChI is InChI=1S/C9H10N2O2S/c1-3-4-5-13-8(12)7-6-11-9(10-2)14-7/h6H,5H2,1-2H3,(H,10,11). The van der Waals surface area contributed by atoms with Crippen LogP contribution in [0, 0.1) is 11.8 Å². The number of nitrogens with zero attached hydrogens (tertiary/aromatic N) is 1. The van der Waals surface area contributed by atoms with Gasteiger partial charge < -0.3 is 10.1 Å². The molecule has 0 aliphatic carbocycles. The largest absolute Gasteiger partial charge is 0.448 e. The van der Waals surface area contributed by atoms with E-state index in [0.29, 0.717) is 10.0 Å². The number of carbonyl (C=O) groups excluding carboxylic acids is 1. The molecule has 74 valence electrons. The molecule has 0 unspecified atom stereocenters. The molecule has 0 amide bonds. The van der Waals surface area contributed by atoms with E-state index in [1.807, 2.05) is 0 Å². The van der Waals surface area contributed by atoms with Gasteiger partial charge in [0.1, 0.15) is 4.88 Å². The number of ether oxygens (including phenoxy) is 1. The molecular weight excluding hydrogens is 200 g/mol. The van der Waals surface area contributed by atoms with Crippen LogP contribution in [-0.4, -0.2) is 24.6 Å². The third-order valence-electron chi connectivity index (χ3n) is 1.37. The SMILES string of the molecule is CC#CCOC(=O)c1cnc(NC)s1. The summed E-state index contributed by atoms with van der Waals surface area (Å²) in [4.78, 5) is 15.7. The summed E-state index contributed by atoms with van der Waals surface area (Å²) >= 11 is 1.25. The molecule has 0 atom stereocenters. The molecule has 0 bridgehead atoms. The molecule has 4 nitrogen and oxygen atoms in total. The molecular formula is C9H10N2O2S. The van der Waals surface area contributed by atoms with E-state index in [4.69, 9.17) is 4.74 Å². The number of esters is 1. The minimum absolute atomic E-state index is 0.127. The van der Waals surface area contributed by atoms with Gasteiger partial charge in [-0.1, -0.05) is 17.3 Å². The highest BCUT2D eigenvalue weighted by Crippen LogP contribution is 2.17. The van der Waals surface area contributed by atoms with Crippen LogP contribution in [0.25, 0.3) is 0 Å². The van der Waals surface area contributed by atoms with Crippen LogP contribution in [0.4, 0.5) is 5.13 Å². The van der Waals surface area contributed by atoms with Gasteiger partial charge >= 0.3 is 5.97 Å². The summed E-state index contributed by atoms with van der Waals surface area (Å²) in [5.74, 6) is 4.90. The minimum Gasteiger partial charge on any atom is -0.448 e. The van der Waals surface area contributed by atoms with Crippen LogP contribution in [0.3, 0.4) is 0 Å². The maximum absolute atomic E-state index is 11.3. The summed E-state index contributed by atoms with van der Waals surface area (Å²) in [6.45, 7) is 1.82. The summed E-state index contributed by atoms with van der Waals surface area (Å²) in [6.07, 6.45) is 1.48. The van der Waals surface area contributed by atoms with Crippen molar-refractivity contribution in [2.24, 2.45) is 0 Å². The van der Waals surface area contributed by atoms with E-state index in [9.17, 15) is 4.79 Å². The molecule has 1 aromatic heterocycles. The number of rotatable bonds is 3. The second kappa shape index (κ2) is 5.25. The Kier molecular flexibility index (Phi) is 3.95. The van der Waals surface area contributed by atoms with Gasteiger partial charge in [0.05, 0.1) is 6.20 Å². The number of hydrogen-bond donors (Lipinski definition) is 1. The summed E-state index contributed by atoms with van der Waals surface area (Å²) in [6, 6.07) is 0. The fourth-order valence-electron chi connectivity index (χ4n) is 0.729. The Bertz CT molecular complexity index is 376. The van der Waals surface area contributed by atoms with Crippen LogP contribution in [0.15, 0.2) is 6.20 Å². The van der Waals surface area contributed by atoms with Crippen LogP contribution in [0.2, 0.25) is 0 Å². The Morgan fingerprint density at radius 2 is 2.57 bits per heavy atom. The van der Waals surface area contributed by atoms with Gasteiger partial charge in [-0.3, -0.25) is 0 Å². The van der Waals surface area contributed by atoms with Crippen molar-refractivity contribution in [2.75, 3.05) is 19.0 Å². The molecule has 0 spiro atoms. The van der Waals surface area contributed by atoms with Gasteiger partial charge in [-0.2, -0.15) is 0 Å². The van der Waals surface area contributed by atoms with Gasteiger partial charge in [-0.05, 0) is 6.92 Å². The van der Waals surface area contributed by atoms with Crippen LogP contribution in [0.5, 0.6) is 0 Å². The van der Waals surface area contributed by atoms with Crippen LogP contribution in [0.1, 0.15) is 16.6 Å². The Hall–Kier alpha value is -1.54. The maximum Gasteiger partial charge on any atom is 0.350 e. The fraction of sp³-hybridized carbons (Fsp3) is 0.333. The summed E-state index contributed by atoms with van der Waals surface area (Å²) < 4.78 is 4.86. The first-order valence-electron chi connectivity index (χ1n) is 3.98. The van der Waals surface area contributed by atoms with Crippen LogP contribution >= 0.6 is 11.3 Å². The van der Waals surface area contributed by atoms with Gasteiger partial charge in [0, 0.05) is 7.05 Å². The second-order valence-corrected chi connectivity index (χ2v) is 3.31. The zero-order valence-corrected chi connectivity index (χ0v) is 8.77. The van der Waals surface area contributed by atoms with Crippen molar-refractivity contribution in [3.8, 4) is 11.8 Å². The molecule has 14 heavy (non-hydrogen) atoms. The number of thiazole rings is 1. The Morgan fingerprint density at radius 1 is 1.79 bits per heavy atom. The van der Waals surface area contributed by atoms with Crippen molar-refractivity contribution in [1.29, 1.82) is 0 Å². The van der Waals surface area contributed by atoms with Crippen molar-refractivity contribution in [3.05, 3.63) is 11.1 Å². The third kappa shape index (κ3) is 2.75. The van der Waals surface area contributed by atoms with Crippen LogP contribution < -0.4 is 5.32 Å². The lowest BCUT2D eigenvalue weighted by atomic mass is 10.5. The van der Waals surface area contributed by atoms with Gasteiger partial charge in [-0.15, -0.1) is 5.92 Å². The van der Waals surface area contributed by atoms with E-state index in [1.165, 1.54) is 17.5 Å². The van der Waals surface area contributed by atoms with E-state index in [1.54, 1.807) is 14.0 Å². The quantitative estimate of drug-likeness (QED) is 0.604. The molecule has 1 heterocycles. The third-order valence-corrected chi connectivity index (χ3v) is 2.37. The lowest BCUT2D eigenvalue weighted by molar-refractivity contribution is 0.0562. The predicted molar refractivity (Wildman–Crippen MR) is 55.4 cm³/mol. The van der Waals surface area contributed by atoms with Crippen molar-refractivity contribution in [3.63, 3.8) is 0 Å². The number of aromatic nitrogens is 1. The molecule has 0 radical (unpaired) electrons. The Morgan fingerprint density at radius 3 is 3.14 bits per heavy atom. The number of anilines is 1. The smallest absolute Gasteiger partial charge is 0.350 e. The molecule has 0 saturated heterocycles. The highest BCUT2D eigenvalue weighted by Gasteiger charge is 2.10. The van der Waals surface area contributed by atoms with Crippen molar-refractivity contribution >= 4 is 22.4 Å². The lowest BCUT2D eigenvalue weighted by Gasteiger charge is -1.95. The van der Waals surface area contributed by atoms with E-state index in [-0.39, 0.29) is 12.6 Å². The zero-order chi connectivity index (χ0) is 10.4. The molecule has 0 fully saturated rings. The zero-order valence-electron chi connectivity index (χ0n) is 7.96. The van der Waals surface area contributed by atoms with Crippen molar-refractivity contribution in [1.82, 2.24) is 4.98 Å². The van der Waals surface area contributed by atoms with Crippen LogP contribution in [-0.2, 0) is 4.74 Å². The number of hydrogen-bond acceptors (Lipinski definition) is 5. The average molecular weight is 210 g/mol. The summed E-state index contributed by atoms with van der Waals surface area (Å²) in [5, 5.41) is 3.53. The molecule has 5 heteroatoms. The Balaban J connectivity index is 2.54. The number of nitrogens with one attached hydrogen (secondary N) is 1. The number of carbonyl (C=O) groups is 1.